The molecule has 0 radical (unpaired) electrons. The Morgan fingerprint density at radius 3 is 2.88 bits per heavy atom. The number of amides is 1. The van der Waals surface area contributed by atoms with Crippen molar-refractivity contribution in [2.75, 3.05) is 18.1 Å². The van der Waals surface area contributed by atoms with Crippen molar-refractivity contribution < 1.29 is 18.7 Å². The van der Waals surface area contributed by atoms with E-state index in [9.17, 15) is 14.0 Å². The second-order valence-electron chi connectivity index (χ2n) is 5.68. The van der Waals surface area contributed by atoms with E-state index >= 15 is 0 Å². The van der Waals surface area contributed by atoms with Gasteiger partial charge in [0, 0.05) is 24.7 Å². The maximum absolute atomic E-state index is 12.8. The number of hydrogen-bond acceptors (Lipinski definition) is 6. The second kappa shape index (κ2) is 8.06. The van der Waals surface area contributed by atoms with Crippen molar-refractivity contribution in [1.82, 2.24) is 10.3 Å². The van der Waals surface area contributed by atoms with Gasteiger partial charge in [-0.25, -0.2) is 14.2 Å². The van der Waals surface area contributed by atoms with Gasteiger partial charge >= 0.3 is 5.97 Å². The van der Waals surface area contributed by atoms with E-state index in [4.69, 9.17) is 4.74 Å². The monoisotopic (exact) mass is 363 g/mol. The Balaban J connectivity index is 1.45. The minimum absolute atomic E-state index is 0.255. The number of thiazole rings is 1. The van der Waals surface area contributed by atoms with E-state index in [0.29, 0.717) is 6.42 Å². The van der Waals surface area contributed by atoms with Gasteiger partial charge in [0.15, 0.2) is 11.7 Å². The number of halogens is 1. The van der Waals surface area contributed by atoms with Crippen LogP contribution >= 0.6 is 11.3 Å². The number of ether oxygens (including phenoxy) is 1. The molecule has 0 bridgehead atoms. The molecule has 1 aliphatic heterocycles. The van der Waals surface area contributed by atoms with Crippen LogP contribution in [0, 0.1) is 5.82 Å². The molecule has 8 heteroatoms. The van der Waals surface area contributed by atoms with Crippen molar-refractivity contribution in [2.45, 2.75) is 25.4 Å². The first-order valence-electron chi connectivity index (χ1n) is 7.97. The van der Waals surface area contributed by atoms with Crippen LogP contribution in [0.25, 0.3) is 0 Å². The highest BCUT2D eigenvalue weighted by molar-refractivity contribution is 7.13. The molecule has 25 heavy (non-hydrogen) atoms. The van der Waals surface area contributed by atoms with Gasteiger partial charge in [-0.3, -0.25) is 4.79 Å². The third-order valence-electron chi connectivity index (χ3n) is 3.94. The number of aromatic nitrogens is 1. The average Bonchev–Trinajstić information content (AvgIpc) is 3.29. The Bertz CT molecular complexity index is 721. The standard InChI is InChI=1S/C17H18FN3O3S/c18-13-5-3-12(4-6-13)10-20-15(22)11-24-16(23)14-2-1-8-21(14)17-19-7-9-25-17/h3-7,9,14H,1-2,8,10-11H2,(H,20,22)/t14-/m0/s1. The smallest absolute Gasteiger partial charge is 0.329 e. The summed E-state index contributed by atoms with van der Waals surface area (Å²) in [6, 6.07) is 5.44. The summed E-state index contributed by atoms with van der Waals surface area (Å²) in [4.78, 5) is 30.2. The predicted octanol–water partition coefficient (Wildman–Crippen LogP) is 2.11. The van der Waals surface area contributed by atoms with Crippen LogP contribution in [0.5, 0.6) is 0 Å². The Hall–Kier alpha value is -2.48. The van der Waals surface area contributed by atoms with E-state index < -0.39 is 17.9 Å². The number of nitrogens with one attached hydrogen (secondary N) is 1. The van der Waals surface area contributed by atoms with E-state index in [2.05, 4.69) is 10.3 Å². The molecule has 1 aromatic heterocycles. The number of rotatable bonds is 6. The molecule has 2 aromatic rings. The third-order valence-corrected chi connectivity index (χ3v) is 4.75. The molecule has 1 N–H and O–H groups in total. The van der Waals surface area contributed by atoms with Gasteiger partial charge in [-0.2, -0.15) is 0 Å². The van der Waals surface area contributed by atoms with Crippen molar-refractivity contribution in [2.24, 2.45) is 0 Å². The zero-order valence-corrected chi connectivity index (χ0v) is 14.3. The molecule has 1 aromatic carbocycles. The van der Waals surface area contributed by atoms with Crippen LogP contribution < -0.4 is 10.2 Å². The lowest BCUT2D eigenvalue weighted by Gasteiger charge is -2.22. The Kier molecular flexibility index (Phi) is 5.60. The van der Waals surface area contributed by atoms with Gasteiger partial charge in [-0.15, -0.1) is 11.3 Å². The number of carbonyl (C=O) groups excluding carboxylic acids is 2. The van der Waals surface area contributed by atoms with Crippen molar-refractivity contribution >= 4 is 28.3 Å². The number of carbonyl (C=O) groups is 2. The zero-order chi connectivity index (χ0) is 17.6. The molecule has 1 aliphatic rings. The van der Waals surface area contributed by atoms with Crippen molar-refractivity contribution in [3.63, 3.8) is 0 Å². The molecule has 1 saturated heterocycles. The maximum Gasteiger partial charge on any atom is 0.329 e. The van der Waals surface area contributed by atoms with Gasteiger partial charge in [-0.1, -0.05) is 12.1 Å². The Morgan fingerprint density at radius 1 is 1.36 bits per heavy atom. The van der Waals surface area contributed by atoms with Crippen LogP contribution in [0.1, 0.15) is 18.4 Å². The minimum atomic E-state index is -0.412. The fourth-order valence-corrected chi connectivity index (χ4v) is 3.40. The summed E-state index contributed by atoms with van der Waals surface area (Å²) in [5.74, 6) is -1.13. The van der Waals surface area contributed by atoms with Gasteiger partial charge in [0.25, 0.3) is 5.91 Å². The SMILES string of the molecule is O=C(COC(=O)[C@@H]1CCCN1c1nccs1)NCc1ccc(F)cc1. The topological polar surface area (TPSA) is 71.5 Å². The minimum Gasteiger partial charge on any atom is -0.454 e. The number of hydrogen-bond donors (Lipinski definition) is 1. The molecule has 0 spiro atoms. The lowest BCUT2D eigenvalue weighted by atomic mass is 10.2. The highest BCUT2D eigenvalue weighted by Gasteiger charge is 2.33. The summed E-state index contributed by atoms with van der Waals surface area (Å²) in [6.45, 7) is 0.678. The molecule has 3 rings (SSSR count). The van der Waals surface area contributed by atoms with Crippen LogP contribution in [-0.2, 0) is 20.9 Å². The molecule has 0 unspecified atom stereocenters. The zero-order valence-electron chi connectivity index (χ0n) is 13.5. The van der Waals surface area contributed by atoms with Gasteiger partial charge in [0.2, 0.25) is 0 Å². The number of nitrogens with zero attached hydrogens (tertiary/aromatic N) is 2. The first-order chi connectivity index (χ1) is 12.1. The Morgan fingerprint density at radius 2 is 2.16 bits per heavy atom. The number of benzene rings is 1. The van der Waals surface area contributed by atoms with Crippen LogP contribution in [-0.4, -0.2) is 36.1 Å². The molecule has 132 valence electrons. The highest BCUT2D eigenvalue weighted by atomic mass is 32.1. The van der Waals surface area contributed by atoms with Crippen molar-refractivity contribution in [3.05, 3.63) is 47.2 Å². The molecule has 6 nitrogen and oxygen atoms in total. The summed E-state index contributed by atoms with van der Waals surface area (Å²) < 4.78 is 18.0. The molecule has 0 saturated carbocycles. The molecule has 0 aliphatic carbocycles. The fourth-order valence-electron chi connectivity index (χ4n) is 2.69. The maximum atomic E-state index is 12.8. The quantitative estimate of drug-likeness (QED) is 0.796. The second-order valence-corrected chi connectivity index (χ2v) is 6.55. The predicted molar refractivity (Wildman–Crippen MR) is 91.7 cm³/mol. The van der Waals surface area contributed by atoms with E-state index in [1.807, 2.05) is 10.3 Å². The molecule has 1 atom stereocenters. The molecule has 1 amide bonds. The average molecular weight is 363 g/mol. The summed E-state index contributed by atoms with van der Waals surface area (Å²) >= 11 is 1.47. The highest BCUT2D eigenvalue weighted by Crippen LogP contribution is 2.27. The van der Waals surface area contributed by atoms with Crippen LogP contribution in [0.15, 0.2) is 35.8 Å². The van der Waals surface area contributed by atoms with Gasteiger partial charge < -0.3 is 15.0 Å². The first kappa shape index (κ1) is 17.3. The molecular formula is C17H18FN3O3S. The van der Waals surface area contributed by atoms with E-state index in [1.165, 1.54) is 23.5 Å². The molecule has 1 fully saturated rings. The normalized spacial score (nSPS) is 16.7. The first-order valence-corrected chi connectivity index (χ1v) is 8.85. The largest absolute Gasteiger partial charge is 0.454 e. The molecule has 2 heterocycles. The van der Waals surface area contributed by atoms with Crippen LogP contribution in [0.3, 0.4) is 0 Å². The third kappa shape index (κ3) is 4.54. The number of anilines is 1. The van der Waals surface area contributed by atoms with Crippen molar-refractivity contribution in [3.8, 4) is 0 Å². The van der Waals surface area contributed by atoms with E-state index in [1.54, 1.807) is 18.3 Å². The van der Waals surface area contributed by atoms with Crippen LogP contribution in [0.2, 0.25) is 0 Å². The van der Waals surface area contributed by atoms with Gasteiger partial charge in [0.05, 0.1) is 0 Å². The number of esters is 1. The summed E-state index contributed by atoms with van der Waals surface area (Å²) in [5, 5.41) is 5.29. The Labute approximate surface area is 148 Å². The lowest BCUT2D eigenvalue weighted by molar-refractivity contribution is -0.149. The van der Waals surface area contributed by atoms with Gasteiger partial charge in [0.1, 0.15) is 11.9 Å². The van der Waals surface area contributed by atoms with E-state index in [-0.39, 0.29) is 19.0 Å². The van der Waals surface area contributed by atoms with Gasteiger partial charge in [-0.05, 0) is 30.5 Å². The van der Waals surface area contributed by atoms with Crippen LogP contribution in [0.4, 0.5) is 9.52 Å². The molecular weight excluding hydrogens is 345 g/mol. The summed E-state index contributed by atoms with van der Waals surface area (Å²) in [7, 11) is 0. The summed E-state index contributed by atoms with van der Waals surface area (Å²) in [5.41, 5.74) is 0.770. The van der Waals surface area contributed by atoms with Crippen molar-refractivity contribution in [1.29, 1.82) is 0 Å². The summed E-state index contributed by atoms with van der Waals surface area (Å²) in [6.07, 6.45) is 3.27. The fraction of sp³-hybridized carbons (Fsp3) is 0.353. The lowest BCUT2D eigenvalue weighted by Crippen LogP contribution is -2.39. The van der Waals surface area contributed by atoms with E-state index in [0.717, 1.165) is 23.7 Å².